The van der Waals surface area contributed by atoms with Crippen molar-refractivity contribution in [2.45, 2.75) is 17.9 Å². The fourth-order valence-electron chi connectivity index (χ4n) is 1.72. The lowest BCUT2D eigenvalue weighted by molar-refractivity contribution is 0.182. The van der Waals surface area contributed by atoms with Crippen LogP contribution in [0, 0.1) is 6.92 Å². The maximum Gasteiger partial charge on any atom is 0.242 e. The number of hydrogen-bond acceptors (Lipinski definition) is 5. The topological polar surface area (TPSA) is 92.4 Å². The molecule has 0 bridgehead atoms. The molecule has 1 atom stereocenters. The van der Waals surface area contributed by atoms with Gasteiger partial charge in [0.25, 0.3) is 0 Å². The van der Waals surface area contributed by atoms with Gasteiger partial charge in [-0.1, -0.05) is 11.6 Å². The second kappa shape index (κ2) is 6.33. The lowest BCUT2D eigenvalue weighted by Gasteiger charge is -2.13. The SMILES string of the molecule is Cc1cc(Cl)c(S(=O)(=O)NCC(O)c2ccsc2)cc1N. The van der Waals surface area contributed by atoms with E-state index in [1.807, 2.05) is 5.38 Å². The zero-order chi connectivity index (χ0) is 15.6. The summed E-state index contributed by atoms with van der Waals surface area (Å²) in [6.07, 6.45) is -0.910. The number of rotatable bonds is 5. The first-order valence-electron chi connectivity index (χ1n) is 6.06. The number of anilines is 1. The Labute approximate surface area is 132 Å². The lowest BCUT2D eigenvalue weighted by atomic mass is 10.2. The molecule has 8 heteroatoms. The van der Waals surface area contributed by atoms with E-state index in [0.29, 0.717) is 16.8 Å². The Hall–Kier alpha value is -1.12. The van der Waals surface area contributed by atoms with Gasteiger partial charge in [0.15, 0.2) is 0 Å². The summed E-state index contributed by atoms with van der Waals surface area (Å²) >= 11 is 7.39. The number of aliphatic hydroxyl groups is 1. The predicted octanol–water partition coefficient (Wildman–Crippen LogP) is 2.30. The van der Waals surface area contributed by atoms with E-state index >= 15 is 0 Å². The number of nitrogen functional groups attached to an aromatic ring is 1. The molecule has 1 aromatic heterocycles. The Morgan fingerprint density at radius 1 is 1.48 bits per heavy atom. The lowest BCUT2D eigenvalue weighted by Crippen LogP contribution is -2.28. The molecule has 0 radical (unpaired) electrons. The monoisotopic (exact) mass is 346 g/mol. The average molecular weight is 347 g/mol. The fourth-order valence-corrected chi connectivity index (χ4v) is 4.08. The molecule has 0 saturated heterocycles. The van der Waals surface area contributed by atoms with Gasteiger partial charge in [0.2, 0.25) is 10.0 Å². The fraction of sp³-hybridized carbons (Fsp3) is 0.231. The van der Waals surface area contributed by atoms with Gasteiger partial charge in [-0.25, -0.2) is 13.1 Å². The molecule has 2 aromatic rings. The Kier molecular flexibility index (Phi) is 4.90. The van der Waals surface area contributed by atoms with Crippen LogP contribution in [0.25, 0.3) is 0 Å². The van der Waals surface area contributed by atoms with Crippen molar-refractivity contribution in [2.75, 3.05) is 12.3 Å². The third-order valence-corrected chi connectivity index (χ3v) is 5.59. The molecule has 0 aliphatic rings. The highest BCUT2D eigenvalue weighted by atomic mass is 35.5. The van der Waals surface area contributed by atoms with Crippen LogP contribution in [-0.4, -0.2) is 20.1 Å². The first-order valence-corrected chi connectivity index (χ1v) is 8.87. The zero-order valence-electron chi connectivity index (χ0n) is 11.2. The van der Waals surface area contributed by atoms with Gasteiger partial charge in [0.1, 0.15) is 4.90 Å². The second-order valence-corrected chi connectivity index (χ2v) is 7.49. The number of thiophene rings is 1. The molecular formula is C13H15ClN2O3S2. The van der Waals surface area contributed by atoms with Crippen molar-refractivity contribution in [3.63, 3.8) is 0 Å². The number of benzene rings is 1. The molecule has 0 aliphatic carbocycles. The van der Waals surface area contributed by atoms with E-state index in [1.54, 1.807) is 18.4 Å². The summed E-state index contributed by atoms with van der Waals surface area (Å²) in [5.74, 6) is 0. The zero-order valence-corrected chi connectivity index (χ0v) is 13.6. The van der Waals surface area contributed by atoms with Crippen LogP contribution in [0.15, 0.2) is 33.9 Å². The minimum Gasteiger partial charge on any atom is -0.398 e. The summed E-state index contributed by atoms with van der Waals surface area (Å²) < 4.78 is 26.8. The largest absolute Gasteiger partial charge is 0.398 e. The van der Waals surface area contributed by atoms with Gasteiger partial charge in [-0.3, -0.25) is 0 Å². The van der Waals surface area contributed by atoms with E-state index in [2.05, 4.69) is 4.72 Å². The minimum atomic E-state index is -3.83. The third-order valence-electron chi connectivity index (χ3n) is 3.00. The second-order valence-electron chi connectivity index (χ2n) is 4.56. The van der Waals surface area contributed by atoms with E-state index in [0.717, 1.165) is 0 Å². The first kappa shape index (κ1) is 16.3. The van der Waals surface area contributed by atoms with E-state index in [4.69, 9.17) is 17.3 Å². The van der Waals surface area contributed by atoms with Crippen molar-refractivity contribution in [3.8, 4) is 0 Å². The molecule has 0 amide bonds. The molecular weight excluding hydrogens is 332 g/mol. The van der Waals surface area contributed by atoms with E-state index in [1.165, 1.54) is 23.5 Å². The maximum atomic E-state index is 12.2. The van der Waals surface area contributed by atoms with Crippen molar-refractivity contribution >= 4 is 38.6 Å². The molecule has 0 fully saturated rings. The van der Waals surface area contributed by atoms with Crippen LogP contribution in [0.1, 0.15) is 17.2 Å². The Morgan fingerprint density at radius 2 is 2.19 bits per heavy atom. The third kappa shape index (κ3) is 3.75. The quantitative estimate of drug-likeness (QED) is 0.724. The van der Waals surface area contributed by atoms with Crippen LogP contribution >= 0.6 is 22.9 Å². The molecule has 1 aromatic carbocycles. The van der Waals surface area contributed by atoms with Gasteiger partial charge < -0.3 is 10.8 Å². The standard InChI is InChI=1S/C13H15ClN2O3S2/c1-8-4-10(14)13(5-11(8)15)21(18,19)16-6-12(17)9-2-3-20-7-9/h2-5,7,12,16-17H,6,15H2,1H3. The molecule has 4 N–H and O–H groups in total. The summed E-state index contributed by atoms with van der Waals surface area (Å²) in [5, 5.41) is 13.6. The first-order chi connectivity index (χ1) is 9.81. The average Bonchev–Trinajstić information content (AvgIpc) is 2.94. The highest BCUT2D eigenvalue weighted by Crippen LogP contribution is 2.27. The maximum absolute atomic E-state index is 12.2. The van der Waals surface area contributed by atoms with Gasteiger partial charge in [0.05, 0.1) is 11.1 Å². The normalized spacial score (nSPS) is 13.3. The summed E-state index contributed by atoms with van der Waals surface area (Å²) in [5.41, 5.74) is 7.44. The molecule has 0 spiro atoms. The molecule has 21 heavy (non-hydrogen) atoms. The summed E-state index contributed by atoms with van der Waals surface area (Å²) in [6.45, 7) is 1.61. The number of aryl methyl sites for hydroxylation is 1. The van der Waals surface area contributed by atoms with Crippen molar-refractivity contribution in [1.29, 1.82) is 0 Å². The molecule has 2 rings (SSSR count). The van der Waals surface area contributed by atoms with Crippen LogP contribution in [0.2, 0.25) is 5.02 Å². The number of sulfonamides is 1. The van der Waals surface area contributed by atoms with E-state index in [9.17, 15) is 13.5 Å². The molecule has 1 heterocycles. The highest BCUT2D eigenvalue weighted by Gasteiger charge is 2.20. The van der Waals surface area contributed by atoms with Crippen LogP contribution in [0.3, 0.4) is 0 Å². The number of halogens is 1. The van der Waals surface area contributed by atoms with Gasteiger partial charge in [-0.2, -0.15) is 11.3 Å². The number of hydrogen-bond donors (Lipinski definition) is 3. The van der Waals surface area contributed by atoms with E-state index < -0.39 is 16.1 Å². The van der Waals surface area contributed by atoms with Crippen molar-refractivity contribution in [2.24, 2.45) is 0 Å². The Balaban J connectivity index is 2.17. The van der Waals surface area contributed by atoms with Crippen molar-refractivity contribution in [3.05, 3.63) is 45.1 Å². The highest BCUT2D eigenvalue weighted by molar-refractivity contribution is 7.89. The van der Waals surface area contributed by atoms with Gasteiger partial charge in [-0.05, 0) is 47.0 Å². The minimum absolute atomic E-state index is 0.0928. The van der Waals surface area contributed by atoms with Crippen LogP contribution < -0.4 is 10.5 Å². The van der Waals surface area contributed by atoms with Crippen molar-refractivity contribution < 1.29 is 13.5 Å². The van der Waals surface area contributed by atoms with Crippen LogP contribution in [-0.2, 0) is 10.0 Å². The van der Waals surface area contributed by atoms with Crippen LogP contribution in [0.5, 0.6) is 0 Å². The Bertz CT molecular complexity index is 730. The van der Waals surface area contributed by atoms with Crippen molar-refractivity contribution in [1.82, 2.24) is 4.72 Å². The summed E-state index contributed by atoms with van der Waals surface area (Å²) in [7, 11) is -3.83. The summed E-state index contributed by atoms with van der Waals surface area (Å²) in [6, 6.07) is 4.55. The summed E-state index contributed by atoms with van der Waals surface area (Å²) in [4.78, 5) is -0.0928. The Morgan fingerprint density at radius 3 is 2.81 bits per heavy atom. The van der Waals surface area contributed by atoms with Gasteiger partial charge in [-0.15, -0.1) is 0 Å². The van der Waals surface area contributed by atoms with Crippen LogP contribution in [0.4, 0.5) is 5.69 Å². The van der Waals surface area contributed by atoms with Gasteiger partial charge >= 0.3 is 0 Å². The molecule has 114 valence electrons. The molecule has 0 saturated carbocycles. The molecule has 1 unspecified atom stereocenters. The van der Waals surface area contributed by atoms with E-state index in [-0.39, 0.29) is 16.5 Å². The molecule has 0 aliphatic heterocycles. The number of nitrogens with one attached hydrogen (secondary N) is 1. The van der Waals surface area contributed by atoms with Gasteiger partial charge in [0, 0.05) is 12.2 Å². The smallest absolute Gasteiger partial charge is 0.242 e. The molecule has 5 nitrogen and oxygen atoms in total. The predicted molar refractivity (Wildman–Crippen MR) is 85.1 cm³/mol. The number of aliphatic hydroxyl groups excluding tert-OH is 1. The number of nitrogens with two attached hydrogens (primary N) is 1.